The minimum Gasteiger partial charge on any atom is -0.462 e. The normalized spacial score (nSPS) is 10.8. The summed E-state index contributed by atoms with van der Waals surface area (Å²) in [5.41, 5.74) is 0.00387. The molecule has 6 heteroatoms. The fraction of sp³-hybridized carbons (Fsp3) is 0.111. The number of rotatable bonds is 4. The summed E-state index contributed by atoms with van der Waals surface area (Å²) in [6.45, 7) is 1.86. The zero-order valence-electron chi connectivity index (χ0n) is 12.8. The fourth-order valence-electron chi connectivity index (χ4n) is 2.27. The molecular formula is C18H13F2NO2S. The van der Waals surface area contributed by atoms with E-state index in [0.717, 1.165) is 17.0 Å². The molecule has 0 amide bonds. The summed E-state index contributed by atoms with van der Waals surface area (Å²) in [6.07, 6.45) is 1.23. The number of hydrogen-bond acceptors (Lipinski definition) is 4. The van der Waals surface area contributed by atoms with Gasteiger partial charge in [0, 0.05) is 16.0 Å². The summed E-state index contributed by atoms with van der Waals surface area (Å²) >= 11 is 1.17. The Bertz CT molecular complexity index is 900. The van der Waals surface area contributed by atoms with Crippen LogP contribution in [0.4, 0.5) is 8.78 Å². The average Bonchev–Trinajstić information content (AvgIpc) is 2.59. The molecule has 0 spiro atoms. The number of fused-ring (bicyclic) bond motifs is 1. The quantitative estimate of drug-likeness (QED) is 0.634. The van der Waals surface area contributed by atoms with Gasteiger partial charge in [0.15, 0.2) is 0 Å². The van der Waals surface area contributed by atoms with Crippen LogP contribution in [0.2, 0.25) is 0 Å². The van der Waals surface area contributed by atoms with Crippen LogP contribution >= 0.6 is 11.8 Å². The summed E-state index contributed by atoms with van der Waals surface area (Å²) in [5, 5.41) is -0.0191. The van der Waals surface area contributed by atoms with Crippen molar-refractivity contribution in [3.63, 3.8) is 0 Å². The first-order chi connectivity index (χ1) is 11.6. The first-order valence-electron chi connectivity index (χ1n) is 7.28. The van der Waals surface area contributed by atoms with E-state index in [4.69, 9.17) is 4.74 Å². The van der Waals surface area contributed by atoms with E-state index in [2.05, 4.69) is 4.98 Å². The van der Waals surface area contributed by atoms with Gasteiger partial charge in [-0.15, -0.1) is 0 Å². The summed E-state index contributed by atoms with van der Waals surface area (Å²) in [4.78, 5) is 17.2. The van der Waals surface area contributed by atoms with E-state index in [9.17, 15) is 13.6 Å². The molecule has 0 aliphatic heterocycles. The third kappa shape index (κ3) is 3.10. The lowest BCUT2D eigenvalue weighted by atomic mass is 10.1. The molecule has 3 nitrogen and oxygen atoms in total. The standard InChI is InChI=1S/C18H13F2NO2S/c1-2-23-18(22)12-10-21-16-14(20)9-8-13(19)15(16)17(12)24-11-6-4-3-5-7-11/h3-10H,2H2,1H3. The second-order valence-corrected chi connectivity index (χ2v) is 5.97. The Kier molecular flexibility index (Phi) is 4.76. The molecule has 3 aromatic rings. The van der Waals surface area contributed by atoms with Gasteiger partial charge in [-0.25, -0.2) is 13.6 Å². The van der Waals surface area contributed by atoms with Gasteiger partial charge in [0.1, 0.15) is 17.2 Å². The van der Waals surface area contributed by atoms with E-state index >= 15 is 0 Å². The molecule has 0 saturated heterocycles. The van der Waals surface area contributed by atoms with Gasteiger partial charge in [-0.3, -0.25) is 4.98 Å². The molecule has 2 aromatic carbocycles. The SMILES string of the molecule is CCOC(=O)c1cnc2c(F)ccc(F)c2c1Sc1ccccc1. The molecule has 0 saturated carbocycles. The van der Waals surface area contributed by atoms with Crippen molar-refractivity contribution in [3.05, 3.63) is 65.9 Å². The molecule has 0 atom stereocenters. The Balaban J connectivity index is 2.25. The maximum Gasteiger partial charge on any atom is 0.340 e. The third-order valence-electron chi connectivity index (χ3n) is 3.33. The van der Waals surface area contributed by atoms with Crippen LogP contribution in [0, 0.1) is 11.6 Å². The minimum absolute atomic E-state index is 0.0191. The van der Waals surface area contributed by atoms with Gasteiger partial charge in [0.25, 0.3) is 0 Å². The van der Waals surface area contributed by atoms with E-state index in [0.29, 0.717) is 4.90 Å². The van der Waals surface area contributed by atoms with Crippen molar-refractivity contribution in [3.8, 4) is 0 Å². The fourth-order valence-corrected chi connectivity index (χ4v) is 3.34. The molecule has 0 fully saturated rings. The lowest BCUT2D eigenvalue weighted by Crippen LogP contribution is -2.08. The van der Waals surface area contributed by atoms with Gasteiger partial charge in [-0.1, -0.05) is 30.0 Å². The topological polar surface area (TPSA) is 39.2 Å². The van der Waals surface area contributed by atoms with Crippen molar-refractivity contribution in [2.24, 2.45) is 0 Å². The third-order valence-corrected chi connectivity index (χ3v) is 4.47. The molecule has 122 valence electrons. The van der Waals surface area contributed by atoms with Gasteiger partial charge in [-0.05, 0) is 31.2 Å². The van der Waals surface area contributed by atoms with Crippen LogP contribution in [-0.2, 0) is 4.74 Å². The molecule has 0 bridgehead atoms. The second-order valence-electron chi connectivity index (χ2n) is 4.89. The van der Waals surface area contributed by atoms with Gasteiger partial charge < -0.3 is 4.74 Å². The highest BCUT2D eigenvalue weighted by Crippen LogP contribution is 2.37. The van der Waals surface area contributed by atoms with E-state index in [1.54, 1.807) is 6.92 Å². The molecule has 0 aliphatic carbocycles. The van der Waals surface area contributed by atoms with Gasteiger partial charge in [0.2, 0.25) is 0 Å². The molecule has 3 rings (SSSR count). The molecule has 0 radical (unpaired) electrons. The highest BCUT2D eigenvalue weighted by atomic mass is 32.2. The zero-order chi connectivity index (χ0) is 17.1. The highest BCUT2D eigenvalue weighted by molar-refractivity contribution is 7.99. The summed E-state index contributed by atoms with van der Waals surface area (Å²) in [5.74, 6) is -1.89. The second kappa shape index (κ2) is 6.97. The molecule has 1 aromatic heterocycles. The first kappa shape index (κ1) is 16.4. The van der Waals surface area contributed by atoms with Gasteiger partial charge in [-0.2, -0.15) is 0 Å². The lowest BCUT2D eigenvalue weighted by molar-refractivity contribution is 0.0522. The maximum absolute atomic E-state index is 14.4. The summed E-state index contributed by atoms with van der Waals surface area (Å²) in [6, 6.07) is 11.2. The molecule has 1 heterocycles. The van der Waals surface area contributed by atoms with Crippen LogP contribution in [0.3, 0.4) is 0 Å². The Labute approximate surface area is 141 Å². The van der Waals surface area contributed by atoms with Crippen LogP contribution in [0.15, 0.2) is 58.5 Å². The number of hydrogen-bond donors (Lipinski definition) is 0. The number of esters is 1. The largest absolute Gasteiger partial charge is 0.462 e. The number of nitrogens with zero attached hydrogens (tertiary/aromatic N) is 1. The van der Waals surface area contributed by atoms with Crippen molar-refractivity contribution >= 4 is 28.6 Å². The van der Waals surface area contributed by atoms with E-state index in [1.807, 2.05) is 30.3 Å². The maximum atomic E-state index is 14.4. The van der Waals surface area contributed by atoms with Crippen molar-refractivity contribution in [2.45, 2.75) is 16.7 Å². The number of aromatic nitrogens is 1. The number of ether oxygens (including phenoxy) is 1. The number of halogens is 2. The number of carbonyl (C=O) groups excluding carboxylic acids is 1. The Morgan fingerprint density at radius 3 is 2.54 bits per heavy atom. The molecule has 0 N–H and O–H groups in total. The van der Waals surface area contributed by atoms with Crippen LogP contribution < -0.4 is 0 Å². The number of benzene rings is 2. The van der Waals surface area contributed by atoms with Crippen molar-refractivity contribution in [2.75, 3.05) is 6.61 Å². The van der Waals surface area contributed by atoms with Crippen LogP contribution in [0.25, 0.3) is 10.9 Å². The summed E-state index contributed by atoms with van der Waals surface area (Å²) < 4.78 is 33.4. The highest BCUT2D eigenvalue weighted by Gasteiger charge is 2.21. The van der Waals surface area contributed by atoms with Crippen molar-refractivity contribution < 1.29 is 18.3 Å². The minimum atomic E-state index is -0.642. The predicted molar refractivity (Wildman–Crippen MR) is 88.2 cm³/mol. The smallest absolute Gasteiger partial charge is 0.340 e. The Morgan fingerprint density at radius 1 is 1.12 bits per heavy atom. The molecule has 0 aliphatic rings. The van der Waals surface area contributed by atoms with Gasteiger partial charge >= 0.3 is 5.97 Å². The molecular weight excluding hydrogens is 332 g/mol. The zero-order valence-corrected chi connectivity index (χ0v) is 13.6. The Morgan fingerprint density at radius 2 is 1.83 bits per heavy atom. The van der Waals surface area contributed by atoms with E-state index in [-0.39, 0.29) is 23.1 Å². The monoisotopic (exact) mass is 345 g/mol. The first-order valence-corrected chi connectivity index (χ1v) is 8.10. The molecule has 0 unspecified atom stereocenters. The lowest BCUT2D eigenvalue weighted by Gasteiger charge is -2.12. The predicted octanol–water partition coefficient (Wildman–Crippen LogP) is 4.84. The van der Waals surface area contributed by atoms with Gasteiger partial charge in [0.05, 0.1) is 17.6 Å². The summed E-state index contributed by atoms with van der Waals surface area (Å²) in [7, 11) is 0. The van der Waals surface area contributed by atoms with E-state index in [1.165, 1.54) is 18.0 Å². The van der Waals surface area contributed by atoms with Crippen LogP contribution in [0.1, 0.15) is 17.3 Å². The number of pyridine rings is 1. The van der Waals surface area contributed by atoms with E-state index < -0.39 is 17.6 Å². The van der Waals surface area contributed by atoms with Crippen molar-refractivity contribution in [1.82, 2.24) is 4.98 Å². The number of carbonyl (C=O) groups is 1. The Hall–Kier alpha value is -2.47. The van der Waals surface area contributed by atoms with Crippen LogP contribution in [-0.4, -0.2) is 17.6 Å². The van der Waals surface area contributed by atoms with Crippen LogP contribution in [0.5, 0.6) is 0 Å². The van der Waals surface area contributed by atoms with Crippen molar-refractivity contribution in [1.29, 1.82) is 0 Å². The molecule has 24 heavy (non-hydrogen) atoms. The average molecular weight is 345 g/mol.